The molecular formula is C38H48FeP2. The van der Waals surface area contributed by atoms with Crippen molar-refractivity contribution in [1.82, 2.24) is 0 Å². The first-order chi connectivity index (χ1) is 19.8. The van der Waals surface area contributed by atoms with Gasteiger partial charge >= 0.3 is 241 Å². The minimum absolute atomic E-state index is 0.176. The van der Waals surface area contributed by atoms with Crippen LogP contribution in [0.5, 0.6) is 0 Å². The van der Waals surface area contributed by atoms with E-state index >= 15 is 0 Å². The van der Waals surface area contributed by atoms with E-state index in [1.165, 1.54) is 62.5 Å². The molecule has 10 aliphatic heterocycles. The molecule has 0 radical (unpaired) electrons. The molecule has 2 aromatic rings. The zero-order valence-corrected chi connectivity index (χ0v) is 28.2. The normalized spacial score (nSPS) is 64.6. The van der Waals surface area contributed by atoms with E-state index in [2.05, 4.69) is 69.3 Å². The van der Waals surface area contributed by atoms with Gasteiger partial charge < -0.3 is 0 Å². The summed E-state index contributed by atoms with van der Waals surface area (Å²) in [6, 6.07) is 20.6. The predicted octanol–water partition coefficient (Wildman–Crippen LogP) is 10.9. The summed E-state index contributed by atoms with van der Waals surface area (Å²) < 4.78 is 1.84. The van der Waals surface area contributed by atoms with Gasteiger partial charge in [-0.3, -0.25) is 0 Å². The molecule has 218 valence electrons. The standard InChI is InChI=1S/C33H43P2.C5H5.Fe/c1-25-17-21-30(22-18-25)35(31-23-19-26(2)20-24-31)33-16-10-15-32(33)27(3)34(28-11-6-4-7-12-28)29-13-8-5-9-14-29;1-2-4-5-3-1;/h10,15-24,27-29H,4-9,11-14H2,1-3H3;1-5H;. The third-order valence-electron chi connectivity index (χ3n) is 22.9. The molecule has 2 aromatic carbocycles. The summed E-state index contributed by atoms with van der Waals surface area (Å²) in [6.45, 7) is 3.98. The summed E-state index contributed by atoms with van der Waals surface area (Å²) in [4.78, 5) is 11.1. The van der Waals surface area contributed by atoms with Gasteiger partial charge in [0, 0.05) is 0 Å². The Balaban J connectivity index is 1.04. The molecule has 0 aromatic heterocycles. The van der Waals surface area contributed by atoms with Crippen molar-refractivity contribution in [2.75, 3.05) is 0 Å². The van der Waals surface area contributed by atoms with Gasteiger partial charge in [0.25, 0.3) is 0 Å². The molecule has 0 nitrogen and oxygen atoms in total. The van der Waals surface area contributed by atoms with Crippen molar-refractivity contribution in [2.45, 2.75) is 149 Å². The molecule has 12 fully saturated rings. The van der Waals surface area contributed by atoms with Crippen molar-refractivity contribution in [3.05, 3.63) is 59.7 Å². The van der Waals surface area contributed by atoms with Gasteiger partial charge in [-0.25, -0.2) is 0 Å². The van der Waals surface area contributed by atoms with Crippen LogP contribution in [0.15, 0.2) is 48.5 Å². The van der Waals surface area contributed by atoms with Gasteiger partial charge in [-0.1, -0.05) is 0 Å². The van der Waals surface area contributed by atoms with Crippen LogP contribution in [0.3, 0.4) is 0 Å². The van der Waals surface area contributed by atoms with Crippen molar-refractivity contribution in [1.29, 1.82) is 0 Å². The molecule has 10 heterocycles. The van der Waals surface area contributed by atoms with E-state index in [1.807, 2.05) is 10.6 Å². The van der Waals surface area contributed by atoms with Gasteiger partial charge in [0.1, 0.15) is 0 Å². The second-order valence-corrected chi connectivity index (χ2v) is 48.7. The second-order valence-electron chi connectivity index (χ2n) is 19.5. The van der Waals surface area contributed by atoms with Gasteiger partial charge in [0.15, 0.2) is 0 Å². The van der Waals surface area contributed by atoms with Crippen LogP contribution < -0.4 is 10.6 Å². The fraction of sp³-hybridized carbons (Fsp3) is 0.684. The molecule has 6 atom stereocenters. The summed E-state index contributed by atoms with van der Waals surface area (Å²) in [5.41, 5.74) is 6.32. The quantitative estimate of drug-likeness (QED) is 0.213. The van der Waals surface area contributed by atoms with Crippen LogP contribution >= 0.6 is 15.8 Å². The Morgan fingerprint density at radius 1 is 0.610 bits per heavy atom. The van der Waals surface area contributed by atoms with E-state index in [0.717, 1.165) is 25.3 Å². The summed E-state index contributed by atoms with van der Waals surface area (Å²) in [5, 5.41) is 3.63. The van der Waals surface area contributed by atoms with Crippen LogP contribution in [0.2, 0.25) is 42.8 Å². The minimum atomic E-state index is -3.69. The first kappa shape index (κ1) is 22.3. The van der Waals surface area contributed by atoms with Crippen molar-refractivity contribution >= 4 is 26.5 Å². The van der Waals surface area contributed by atoms with Crippen molar-refractivity contribution in [3.8, 4) is 0 Å². The second kappa shape index (κ2) is 3.79. The van der Waals surface area contributed by atoms with Gasteiger partial charge in [0.05, 0.1) is 0 Å². The van der Waals surface area contributed by atoms with E-state index in [-0.39, 0.29) is 15.8 Å². The number of aryl methyl sites for hydroxylation is 2. The SMILES string of the molecule is Cc1ccc(P(c2ccc(C)cc2)[C]23[CH]4[CH]5[CH]6[C]2(C(C)P(C2CCCCC2)C2CCCCC2)[Fe]56432789[CH]3[CH]2[CH]7[CH]8[CH]39)cc1. The summed E-state index contributed by atoms with van der Waals surface area (Å²) in [5.74, 6) is 0. The molecule has 1 spiro atoms. The Morgan fingerprint density at radius 3 is 1.44 bits per heavy atom. The summed E-state index contributed by atoms with van der Waals surface area (Å²) >= 11 is 0. The van der Waals surface area contributed by atoms with Crippen LogP contribution in [-0.4, -0.2) is 21.0 Å². The van der Waals surface area contributed by atoms with Crippen molar-refractivity contribution in [2.24, 2.45) is 0 Å². The monoisotopic (exact) mass is 622 g/mol. The fourth-order valence-electron chi connectivity index (χ4n) is 24.3. The van der Waals surface area contributed by atoms with Crippen LogP contribution in [0, 0.1) is 13.8 Å². The Hall–Kier alpha value is -0.181. The molecule has 0 amide bonds. The molecule has 2 saturated carbocycles. The fourth-order valence-corrected chi connectivity index (χ4v) is 123. The van der Waals surface area contributed by atoms with Gasteiger partial charge in [-0.15, -0.1) is 0 Å². The number of rotatable bonds is 7. The van der Waals surface area contributed by atoms with Crippen LogP contribution in [0.4, 0.5) is 0 Å². The maximum atomic E-state index is 3.04. The molecule has 3 heteroatoms. The van der Waals surface area contributed by atoms with Gasteiger partial charge in [-0.05, 0) is 0 Å². The summed E-state index contributed by atoms with van der Waals surface area (Å²) in [7, 11) is -0.0470. The third-order valence-corrected chi connectivity index (χ3v) is 77.3. The van der Waals surface area contributed by atoms with E-state index in [1.54, 1.807) is 51.4 Å². The molecule has 6 unspecified atom stereocenters. The maximum absolute atomic E-state index is 3.69. The molecule has 2 aliphatic carbocycles. The zero-order valence-electron chi connectivity index (χ0n) is 25.3. The van der Waals surface area contributed by atoms with E-state index < -0.39 is 6.51 Å². The number of hydrogen-bond acceptors (Lipinski definition) is 0. The van der Waals surface area contributed by atoms with Crippen LogP contribution in [-0.2, 0) is 6.51 Å². The Labute approximate surface area is 240 Å². The number of fused-ring (bicyclic) bond motifs is 10. The molecule has 0 bridgehead atoms. The average molecular weight is 623 g/mol. The van der Waals surface area contributed by atoms with Gasteiger partial charge in [0.2, 0.25) is 0 Å². The molecule has 41 heavy (non-hydrogen) atoms. The van der Waals surface area contributed by atoms with E-state index in [0.29, 0.717) is 0 Å². The molecule has 12 aliphatic rings. The molecule has 14 rings (SSSR count). The first-order valence-corrected chi connectivity index (χ1v) is 26.8. The molecule has 0 N–H and O–H groups in total. The number of benzene rings is 2. The third kappa shape index (κ3) is 0.655. The Bertz CT molecular complexity index is 1870. The van der Waals surface area contributed by atoms with Crippen LogP contribution in [0.25, 0.3) is 0 Å². The van der Waals surface area contributed by atoms with Crippen molar-refractivity contribution in [3.63, 3.8) is 0 Å². The Kier molecular flexibility index (Phi) is 2.07. The zero-order chi connectivity index (χ0) is 26.9. The van der Waals surface area contributed by atoms with Gasteiger partial charge in [-0.2, -0.15) is 0 Å². The van der Waals surface area contributed by atoms with E-state index in [9.17, 15) is 0 Å². The molecule has 10 saturated heterocycles. The number of hydrogen-bond donors (Lipinski definition) is 0. The summed E-state index contributed by atoms with van der Waals surface area (Å²) in [6.07, 6.45) is 15.8. The first-order valence-electron chi connectivity index (χ1n) is 17.7. The average Bonchev–Trinajstić information content (AvgIpc) is 3.95. The predicted molar refractivity (Wildman–Crippen MR) is 174 cm³/mol. The van der Waals surface area contributed by atoms with Crippen LogP contribution in [0.1, 0.15) is 82.3 Å². The molecular weight excluding hydrogens is 574 g/mol. The topological polar surface area (TPSA) is 0 Å². The van der Waals surface area contributed by atoms with Crippen molar-refractivity contribution < 1.29 is 6.51 Å². The van der Waals surface area contributed by atoms with E-state index in [4.69, 9.17) is 0 Å². The Morgan fingerprint density at radius 2 is 1.05 bits per heavy atom.